The molecule has 0 bridgehead atoms. The number of esters is 1. The van der Waals surface area contributed by atoms with Gasteiger partial charge in [0.05, 0.1) is 22.9 Å². The van der Waals surface area contributed by atoms with Crippen LogP contribution in [0.3, 0.4) is 0 Å². The Balaban J connectivity index is 2.43. The fourth-order valence-corrected chi connectivity index (χ4v) is 4.92. The van der Waals surface area contributed by atoms with E-state index in [0.717, 1.165) is 6.26 Å². The maximum absolute atomic E-state index is 13.4. The number of benzene rings is 1. The summed E-state index contributed by atoms with van der Waals surface area (Å²) in [6, 6.07) is 4.43. The number of carbonyl (C=O) groups is 1. The lowest BCUT2D eigenvalue weighted by Crippen LogP contribution is -2.20. The van der Waals surface area contributed by atoms with Gasteiger partial charge in [0.15, 0.2) is 9.84 Å². The second kappa shape index (κ2) is 6.96. The normalized spacial score (nSPS) is 21.5. The number of carbonyl (C=O) groups excluding carboxylic acids is 1. The average molecular weight is 381 g/mol. The van der Waals surface area contributed by atoms with Crippen molar-refractivity contribution in [2.24, 2.45) is 5.92 Å². The van der Waals surface area contributed by atoms with Crippen LogP contribution in [0, 0.1) is 5.92 Å². The average Bonchev–Trinajstić information content (AvgIpc) is 2.81. The Hall–Kier alpha value is -1.21. The molecule has 4 nitrogen and oxygen atoms in total. The number of hydrogen-bond donors (Lipinski definition) is 0. The van der Waals surface area contributed by atoms with Gasteiger partial charge < -0.3 is 4.74 Å². The van der Waals surface area contributed by atoms with Crippen LogP contribution in [0.2, 0.25) is 5.02 Å². The third kappa shape index (κ3) is 4.25. The van der Waals surface area contributed by atoms with E-state index in [2.05, 4.69) is 0 Å². The zero-order valence-corrected chi connectivity index (χ0v) is 15.0. The molecule has 0 aromatic heterocycles. The smallest absolute Gasteiger partial charge is 0.313 e. The zero-order chi connectivity index (χ0) is 18.1. The van der Waals surface area contributed by atoms with E-state index < -0.39 is 27.6 Å². The molecule has 0 aliphatic heterocycles. The molecule has 0 spiro atoms. The van der Waals surface area contributed by atoms with Crippen molar-refractivity contribution in [1.29, 1.82) is 0 Å². The summed E-state index contributed by atoms with van der Waals surface area (Å²) in [5, 5.41) is 0.000606. The van der Waals surface area contributed by atoms with Gasteiger partial charge in [-0.05, 0) is 30.4 Å². The van der Waals surface area contributed by atoms with E-state index in [4.69, 9.17) is 16.3 Å². The molecule has 1 saturated carbocycles. The van der Waals surface area contributed by atoms with E-state index in [1.807, 2.05) is 0 Å². The lowest BCUT2D eigenvalue weighted by Gasteiger charge is -2.21. The minimum absolute atomic E-state index is 0.000606. The molecule has 2 atom stereocenters. The second-order valence-electron chi connectivity index (χ2n) is 6.21. The number of sulfone groups is 1. The standard InChI is InChI=1S/C16H19ClF2O4S/c1-23-15(20)12(8-10-6-7-16(18,19)9-10)11-4-3-5-13(17)14(11)24(2,21)22/h3-5,10,12H,6-9H2,1-2H3/t10-,12+/m0/s1. The van der Waals surface area contributed by atoms with Gasteiger partial charge in [0.2, 0.25) is 5.92 Å². The van der Waals surface area contributed by atoms with Crippen LogP contribution in [0.1, 0.15) is 37.2 Å². The summed E-state index contributed by atoms with van der Waals surface area (Å²) >= 11 is 6.02. The van der Waals surface area contributed by atoms with Crippen molar-refractivity contribution in [2.45, 2.75) is 42.4 Å². The molecule has 0 unspecified atom stereocenters. The van der Waals surface area contributed by atoms with Gasteiger partial charge in [0.25, 0.3) is 0 Å². The minimum atomic E-state index is -3.70. The van der Waals surface area contributed by atoms with Crippen LogP contribution >= 0.6 is 11.6 Å². The van der Waals surface area contributed by atoms with E-state index >= 15 is 0 Å². The maximum atomic E-state index is 13.4. The largest absolute Gasteiger partial charge is 0.469 e. The lowest BCUT2D eigenvalue weighted by atomic mass is 9.87. The van der Waals surface area contributed by atoms with Gasteiger partial charge >= 0.3 is 5.97 Å². The highest BCUT2D eigenvalue weighted by Gasteiger charge is 2.42. The molecule has 1 aliphatic carbocycles. The summed E-state index contributed by atoms with van der Waals surface area (Å²) in [7, 11) is -2.51. The molecular weight excluding hydrogens is 362 g/mol. The van der Waals surface area contributed by atoms with E-state index in [9.17, 15) is 22.0 Å². The van der Waals surface area contributed by atoms with Gasteiger partial charge in [0, 0.05) is 19.1 Å². The number of methoxy groups -OCH3 is 1. The summed E-state index contributed by atoms with van der Waals surface area (Å²) < 4.78 is 55.8. The van der Waals surface area contributed by atoms with Gasteiger partial charge in [-0.3, -0.25) is 4.79 Å². The predicted octanol–water partition coefficient (Wildman–Crippen LogP) is 3.83. The van der Waals surface area contributed by atoms with Crippen molar-refractivity contribution in [2.75, 3.05) is 13.4 Å². The number of alkyl halides is 2. The van der Waals surface area contributed by atoms with Gasteiger partial charge in [-0.15, -0.1) is 0 Å². The van der Waals surface area contributed by atoms with Crippen molar-refractivity contribution in [1.82, 2.24) is 0 Å². The Morgan fingerprint density at radius 2 is 2.12 bits per heavy atom. The Morgan fingerprint density at radius 3 is 2.62 bits per heavy atom. The van der Waals surface area contributed by atoms with E-state index in [0.29, 0.717) is 0 Å². The zero-order valence-electron chi connectivity index (χ0n) is 13.4. The molecule has 134 valence electrons. The second-order valence-corrected chi connectivity index (χ2v) is 8.57. The highest BCUT2D eigenvalue weighted by Crippen LogP contribution is 2.44. The van der Waals surface area contributed by atoms with Crippen molar-refractivity contribution in [3.63, 3.8) is 0 Å². The van der Waals surface area contributed by atoms with Gasteiger partial charge in [-0.2, -0.15) is 0 Å². The van der Waals surface area contributed by atoms with E-state index in [1.54, 1.807) is 0 Å². The first-order valence-corrected chi connectivity index (χ1v) is 9.76. The molecule has 2 rings (SSSR count). The summed E-state index contributed by atoms with van der Waals surface area (Å²) in [5.74, 6) is -4.72. The minimum Gasteiger partial charge on any atom is -0.469 e. The first kappa shape index (κ1) is 19.1. The fourth-order valence-electron chi connectivity index (χ4n) is 3.26. The molecule has 24 heavy (non-hydrogen) atoms. The van der Waals surface area contributed by atoms with Crippen LogP contribution in [-0.4, -0.2) is 33.7 Å². The molecule has 1 fully saturated rings. The summed E-state index contributed by atoms with van der Waals surface area (Å²) in [4.78, 5) is 12.1. The summed E-state index contributed by atoms with van der Waals surface area (Å²) in [6.45, 7) is 0. The van der Waals surface area contributed by atoms with Gasteiger partial charge in [0.1, 0.15) is 0 Å². The van der Waals surface area contributed by atoms with Crippen LogP contribution < -0.4 is 0 Å². The molecule has 1 aliphatic rings. The van der Waals surface area contributed by atoms with E-state index in [1.165, 1.54) is 25.3 Å². The lowest BCUT2D eigenvalue weighted by molar-refractivity contribution is -0.143. The van der Waals surface area contributed by atoms with Crippen LogP contribution in [0.5, 0.6) is 0 Å². The molecule has 1 aromatic rings. The summed E-state index contributed by atoms with van der Waals surface area (Å²) in [5.41, 5.74) is 0.201. The number of hydrogen-bond acceptors (Lipinski definition) is 4. The van der Waals surface area contributed by atoms with Crippen molar-refractivity contribution < 1.29 is 26.7 Å². The van der Waals surface area contributed by atoms with Crippen LogP contribution in [0.4, 0.5) is 8.78 Å². The maximum Gasteiger partial charge on any atom is 0.313 e. The Morgan fingerprint density at radius 1 is 1.46 bits per heavy atom. The predicted molar refractivity (Wildman–Crippen MR) is 86.2 cm³/mol. The van der Waals surface area contributed by atoms with E-state index in [-0.39, 0.29) is 47.1 Å². The summed E-state index contributed by atoms with van der Waals surface area (Å²) in [6.07, 6.45) is 0.853. The Labute approximate surface area is 145 Å². The first-order chi connectivity index (χ1) is 11.0. The highest BCUT2D eigenvalue weighted by atomic mass is 35.5. The monoisotopic (exact) mass is 380 g/mol. The third-order valence-electron chi connectivity index (χ3n) is 4.30. The van der Waals surface area contributed by atoms with Gasteiger partial charge in [-0.1, -0.05) is 23.7 Å². The Bertz CT molecular complexity index is 734. The molecule has 0 heterocycles. The molecule has 0 radical (unpaired) electrons. The molecule has 8 heteroatoms. The number of rotatable bonds is 5. The first-order valence-electron chi connectivity index (χ1n) is 7.49. The molecule has 0 saturated heterocycles. The topological polar surface area (TPSA) is 60.4 Å². The van der Waals surface area contributed by atoms with Crippen LogP contribution in [0.15, 0.2) is 23.1 Å². The Kier molecular flexibility index (Phi) is 5.54. The molecule has 1 aromatic carbocycles. The third-order valence-corrected chi connectivity index (χ3v) is 5.93. The molecule has 0 N–H and O–H groups in total. The fraction of sp³-hybridized carbons (Fsp3) is 0.562. The van der Waals surface area contributed by atoms with Crippen molar-refractivity contribution in [3.8, 4) is 0 Å². The molecule has 0 amide bonds. The number of halogens is 3. The van der Waals surface area contributed by atoms with Crippen LogP contribution in [-0.2, 0) is 19.4 Å². The molecular formula is C16H19ClF2O4S. The number of ether oxygens (including phenoxy) is 1. The SMILES string of the molecule is COC(=O)[C@H](C[C@@H]1CCC(F)(F)C1)c1cccc(Cl)c1S(C)(=O)=O. The van der Waals surface area contributed by atoms with Crippen molar-refractivity contribution >= 4 is 27.4 Å². The van der Waals surface area contributed by atoms with Crippen molar-refractivity contribution in [3.05, 3.63) is 28.8 Å². The van der Waals surface area contributed by atoms with Crippen LogP contribution in [0.25, 0.3) is 0 Å². The van der Waals surface area contributed by atoms with Gasteiger partial charge in [-0.25, -0.2) is 17.2 Å². The highest BCUT2D eigenvalue weighted by molar-refractivity contribution is 7.90. The quantitative estimate of drug-likeness (QED) is 0.728.